The Hall–Kier alpha value is -5.86. The van der Waals surface area contributed by atoms with Crippen molar-refractivity contribution in [3.05, 3.63) is 147 Å². The van der Waals surface area contributed by atoms with E-state index in [4.69, 9.17) is 42.7 Å². The molecule has 2 amide bonds. The van der Waals surface area contributed by atoms with Crippen LogP contribution < -0.4 is 25.0 Å². The molecule has 5 aromatic carbocycles. The number of nitrogens with one attached hydrogen (secondary N) is 2. The number of hydrogen-bond acceptors (Lipinski definition) is 8. The van der Waals surface area contributed by atoms with Gasteiger partial charge in [0.1, 0.15) is 24.1 Å². The largest absolute Gasteiger partial charge is 0.489 e. The second-order valence-electron chi connectivity index (χ2n) is 13.4. The summed E-state index contributed by atoms with van der Waals surface area (Å²) in [5.41, 5.74) is 7.36. The SMILES string of the molecule is COC(=O)[C@H](Cc1ccc(-c2ccc(C#N)cc2)cc1)NC(=O)C1Cc2cc3c(cc2CN1)OC(c1ccc(OCc2ccc(Cl)c(Cl)c2)cc1)C(=O)N3C. The molecule has 0 saturated carbocycles. The fourth-order valence-electron chi connectivity index (χ4n) is 6.71. The smallest absolute Gasteiger partial charge is 0.328 e. The van der Waals surface area contributed by atoms with E-state index >= 15 is 0 Å². The molecular formula is C43H36Cl2N4O6. The molecule has 12 heteroatoms. The van der Waals surface area contributed by atoms with Gasteiger partial charge in [-0.05, 0) is 88.3 Å². The topological polar surface area (TPSA) is 130 Å². The molecule has 0 bridgehead atoms. The first kappa shape index (κ1) is 37.5. The summed E-state index contributed by atoms with van der Waals surface area (Å²) >= 11 is 12.1. The first-order valence-corrected chi connectivity index (χ1v) is 18.3. The van der Waals surface area contributed by atoms with Crippen molar-refractivity contribution in [2.45, 2.75) is 44.2 Å². The minimum Gasteiger partial charge on any atom is -0.489 e. The molecule has 2 N–H and O–H groups in total. The molecule has 0 saturated heterocycles. The number of anilines is 1. The van der Waals surface area contributed by atoms with Crippen molar-refractivity contribution in [3.8, 4) is 28.7 Å². The third-order valence-electron chi connectivity index (χ3n) is 9.84. The number of hydrogen-bond donors (Lipinski definition) is 2. The van der Waals surface area contributed by atoms with Crippen LogP contribution in [-0.4, -0.2) is 44.0 Å². The van der Waals surface area contributed by atoms with E-state index in [-0.39, 0.29) is 18.2 Å². The summed E-state index contributed by atoms with van der Waals surface area (Å²) < 4.78 is 17.2. The molecule has 10 nitrogen and oxygen atoms in total. The van der Waals surface area contributed by atoms with Crippen LogP contribution >= 0.6 is 23.2 Å². The lowest BCUT2D eigenvalue weighted by molar-refractivity contribution is -0.145. The van der Waals surface area contributed by atoms with Crippen molar-refractivity contribution in [2.75, 3.05) is 19.1 Å². The predicted octanol–water partition coefficient (Wildman–Crippen LogP) is 7.12. The number of rotatable bonds is 10. The minimum atomic E-state index is -0.901. The molecular weight excluding hydrogens is 739 g/mol. The van der Waals surface area contributed by atoms with E-state index in [1.54, 1.807) is 48.3 Å². The Morgan fingerprint density at radius 1 is 0.927 bits per heavy atom. The molecule has 0 fully saturated rings. The fraction of sp³-hybridized carbons (Fsp3) is 0.209. The van der Waals surface area contributed by atoms with Gasteiger partial charge in [-0.1, -0.05) is 77.8 Å². The summed E-state index contributed by atoms with van der Waals surface area (Å²) in [4.78, 5) is 41.5. The van der Waals surface area contributed by atoms with Gasteiger partial charge >= 0.3 is 5.97 Å². The highest BCUT2D eigenvalue weighted by Crippen LogP contribution is 2.41. The number of nitriles is 1. The van der Waals surface area contributed by atoms with Crippen molar-refractivity contribution < 1.29 is 28.6 Å². The molecule has 2 unspecified atom stereocenters. The van der Waals surface area contributed by atoms with E-state index in [1.807, 2.05) is 66.7 Å². The van der Waals surface area contributed by atoms with Gasteiger partial charge in [-0.2, -0.15) is 5.26 Å². The second-order valence-corrected chi connectivity index (χ2v) is 14.2. The van der Waals surface area contributed by atoms with Gasteiger partial charge in [0.15, 0.2) is 0 Å². The standard InChI is InChI=1S/C43H36Cl2N4O6/c1-49-38-20-31-19-36(41(50)48-37(43(52)53-2)18-25-3-8-28(9-4-25)29-10-5-26(22-46)6-11-29)47-23-32(31)21-39(38)55-40(42(49)51)30-12-14-33(15-13-30)54-24-27-7-16-34(44)35(45)17-27/h3-17,20-21,36-37,40,47H,18-19,23-24H2,1-2H3,(H,48,50)/t36?,37-,40?/m0/s1. The van der Waals surface area contributed by atoms with Crippen molar-refractivity contribution >= 4 is 46.7 Å². The maximum atomic E-state index is 13.6. The molecule has 55 heavy (non-hydrogen) atoms. The average Bonchev–Trinajstić information content (AvgIpc) is 3.21. The van der Waals surface area contributed by atoms with E-state index in [2.05, 4.69) is 16.7 Å². The summed E-state index contributed by atoms with van der Waals surface area (Å²) in [5.74, 6) is 0.0703. The summed E-state index contributed by atoms with van der Waals surface area (Å²) in [5, 5.41) is 16.2. The number of nitrogens with zero attached hydrogens (tertiary/aromatic N) is 2. The van der Waals surface area contributed by atoms with Crippen molar-refractivity contribution in [1.29, 1.82) is 5.26 Å². The van der Waals surface area contributed by atoms with Gasteiger partial charge in [-0.15, -0.1) is 0 Å². The first-order valence-electron chi connectivity index (χ1n) is 17.6. The summed E-state index contributed by atoms with van der Waals surface area (Å²) in [6.45, 7) is 0.687. The lowest BCUT2D eigenvalue weighted by Gasteiger charge is -2.35. The zero-order valence-electron chi connectivity index (χ0n) is 30.0. The molecule has 2 aliphatic rings. The van der Waals surface area contributed by atoms with Crippen LogP contribution in [0, 0.1) is 11.3 Å². The van der Waals surface area contributed by atoms with Gasteiger partial charge < -0.3 is 29.7 Å². The van der Waals surface area contributed by atoms with Gasteiger partial charge in [-0.25, -0.2) is 4.79 Å². The molecule has 0 aliphatic carbocycles. The third kappa shape index (κ3) is 8.30. The van der Waals surface area contributed by atoms with Crippen molar-refractivity contribution in [1.82, 2.24) is 10.6 Å². The average molecular weight is 776 g/mol. The number of amides is 2. The molecule has 7 rings (SSSR count). The Kier molecular flexibility index (Phi) is 11.1. The lowest BCUT2D eigenvalue weighted by Crippen LogP contribution is -2.53. The van der Waals surface area contributed by atoms with Crippen LogP contribution in [0.1, 0.15) is 39.5 Å². The van der Waals surface area contributed by atoms with Crippen LogP contribution in [0.3, 0.4) is 0 Å². The normalized spacial score (nSPS) is 16.5. The van der Waals surface area contributed by atoms with Gasteiger partial charge in [0.05, 0.1) is 40.5 Å². The number of fused-ring (bicyclic) bond motifs is 2. The van der Waals surface area contributed by atoms with Gasteiger partial charge in [-0.3, -0.25) is 9.59 Å². The summed E-state index contributed by atoms with van der Waals surface area (Å²) in [7, 11) is 3.00. The molecule has 2 aliphatic heterocycles. The van der Waals surface area contributed by atoms with Gasteiger partial charge in [0.2, 0.25) is 12.0 Å². The minimum absolute atomic E-state index is 0.231. The first-order chi connectivity index (χ1) is 26.6. The zero-order valence-corrected chi connectivity index (χ0v) is 31.5. The predicted molar refractivity (Wildman–Crippen MR) is 209 cm³/mol. The van der Waals surface area contributed by atoms with E-state index in [0.29, 0.717) is 57.9 Å². The summed E-state index contributed by atoms with van der Waals surface area (Å²) in [6, 6.07) is 31.9. The monoisotopic (exact) mass is 774 g/mol. The Bertz CT molecular complexity index is 2290. The van der Waals surface area contributed by atoms with Crippen LogP contribution in [-0.2, 0) is 45.1 Å². The van der Waals surface area contributed by atoms with E-state index in [0.717, 1.165) is 33.4 Å². The number of carbonyl (C=O) groups excluding carboxylic acids is 3. The van der Waals surface area contributed by atoms with Crippen LogP contribution in [0.15, 0.2) is 103 Å². The van der Waals surface area contributed by atoms with Crippen LogP contribution in [0.4, 0.5) is 5.69 Å². The molecule has 0 radical (unpaired) electrons. The number of carbonyl (C=O) groups is 3. The van der Waals surface area contributed by atoms with Crippen molar-refractivity contribution in [2.24, 2.45) is 0 Å². The second kappa shape index (κ2) is 16.2. The highest BCUT2D eigenvalue weighted by Gasteiger charge is 2.36. The third-order valence-corrected chi connectivity index (χ3v) is 10.6. The van der Waals surface area contributed by atoms with Crippen LogP contribution in [0.25, 0.3) is 11.1 Å². The molecule has 0 aromatic heterocycles. The Morgan fingerprint density at radius 2 is 1.62 bits per heavy atom. The maximum absolute atomic E-state index is 13.6. The number of esters is 1. The number of halogens is 2. The zero-order chi connectivity index (χ0) is 38.6. The Morgan fingerprint density at radius 3 is 2.29 bits per heavy atom. The fourth-order valence-corrected chi connectivity index (χ4v) is 7.03. The molecule has 5 aromatic rings. The highest BCUT2D eigenvalue weighted by molar-refractivity contribution is 6.42. The Labute approximate surface area is 328 Å². The molecule has 3 atom stereocenters. The summed E-state index contributed by atoms with van der Waals surface area (Å²) in [6.07, 6.45) is -0.267. The van der Waals surface area contributed by atoms with Crippen LogP contribution in [0.2, 0.25) is 10.0 Å². The molecule has 0 spiro atoms. The number of methoxy groups -OCH3 is 1. The molecule has 278 valence electrons. The number of likely N-dealkylation sites (N-methyl/N-ethyl adjacent to an activating group) is 1. The van der Waals surface area contributed by atoms with Gasteiger partial charge in [0.25, 0.3) is 5.91 Å². The van der Waals surface area contributed by atoms with Crippen molar-refractivity contribution in [3.63, 3.8) is 0 Å². The van der Waals surface area contributed by atoms with E-state index in [9.17, 15) is 14.4 Å². The number of ether oxygens (including phenoxy) is 3. The maximum Gasteiger partial charge on any atom is 0.328 e. The number of benzene rings is 5. The van der Waals surface area contributed by atoms with E-state index in [1.165, 1.54) is 7.11 Å². The van der Waals surface area contributed by atoms with Gasteiger partial charge in [0, 0.05) is 25.6 Å². The lowest BCUT2D eigenvalue weighted by atomic mass is 9.93. The Balaban J connectivity index is 0.989. The quantitative estimate of drug-likeness (QED) is 0.144. The molecule has 2 heterocycles. The van der Waals surface area contributed by atoms with E-state index < -0.39 is 24.2 Å². The van der Waals surface area contributed by atoms with Crippen LogP contribution in [0.5, 0.6) is 11.5 Å². The highest BCUT2D eigenvalue weighted by atomic mass is 35.5.